The molecular formula is C61H38N2S. The SMILES string of the molecule is c1ccc2c(c1)Sc1ccc(N(c3ccc4c5ccccc5n(-c5cccc6ccccc56)c4c3)c3cccc4ccccc34)cc1C21c2ccccc2-c2cccc3cccc1c23. The van der Waals surface area contributed by atoms with E-state index in [0.29, 0.717) is 0 Å². The molecular weight excluding hydrogens is 793 g/mol. The van der Waals surface area contributed by atoms with Gasteiger partial charge in [-0.3, -0.25) is 0 Å². The van der Waals surface area contributed by atoms with E-state index >= 15 is 0 Å². The highest BCUT2D eigenvalue weighted by atomic mass is 32.2. The minimum Gasteiger partial charge on any atom is -0.310 e. The van der Waals surface area contributed by atoms with E-state index in [1.807, 2.05) is 11.8 Å². The van der Waals surface area contributed by atoms with E-state index in [1.54, 1.807) is 0 Å². The van der Waals surface area contributed by atoms with Crippen molar-refractivity contribution in [2.75, 3.05) is 4.90 Å². The van der Waals surface area contributed by atoms with Crippen LogP contribution in [-0.4, -0.2) is 4.57 Å². The highest BCUT2D eigenvalue weighted by Crippen LogP contribution is 2.62. The molecule has 12 aromatic rings. The van der Waals surface area contributed by atoms with Gasteiger partial charge in [0, 0.05) is 42.7 Å². The lowest BCUT2D eigenvalue weighted by atomic mass is 9.59. The quantitative estimate of drug-likeness (QED) is 0.175. The molecule has 1 aromatic heterocycles. The number of aromatic nitrogens is 1. The molecule has 64 heavy (non-hydrogen) atoms. The van der Waals surface area contributed by atoms with Crippen LogP contribution in [0.1, 0.15) is 22.3 Å². The first kappa shape index (κ1) is 35.7. The zero-order chi connectivity index (χ0) is 41.9. The van der Waals surface area contributed by atoms with Crippen molar-refractivity contribution in [3.63, 3.8) is 0 Å². The summed E-state index contributed by atoms with van der Waals surface area (Å²) in [4.78, 5) is 5.08. The standard InChI is InChI=1S/C61H38N2S/c1-3-21-44-39(15-1)17-13-30-54(44)62(43-33-35-48-47-24-6-9-29-56(47)63(57(48)38-43)55-31-14-18-40-16-2-4-22-45(40)55)42-34-36-59-53(37-42)61(51-27-8-10-32-58(51)64-59)50-26-7-5-23-46(50)49-25-11-19-41-20-12-28-52(61)60(41)49/h1-38H. The second-order valence-corrected chi connectivity index (χ2v) is 18.3. The smallest absolute Gasteiger partial charge is 0.0736 e. The number of nitrogens with zero attached hydrogens (tertiary/aromatic N) is 2. The van der Waals surface area contributed by atoms with Crippen molar-refractivity contribution >= 4 is 82.9 Å². The molecule has 0 amide bonds. The first-order chi connectivity index (χ1) is 31.8. The molecule has 1 spiro atoms. The molecule has 298 valence electrons. The maximum absolute atomic E-state index is 2.52. The summed E-state index contributed by atoms with van der Waals surface area (Å²) < 4.78 is 2.48. The first-order valence-corrected chi connectivity index (χ1v) is 22.9. The fourth-order valence-electron chi connectivity index (χ4n) is 11.4. The Hall–Kier alpha value is -7.85. The van der Waals surface area contributed by atoms with Crippen LogP contribution >= 0.6 is 11.8 Å². The van der Waals surface area contributed by atoms with E-state index in [2.05, 4.69) is 240 Å². The highest BCUT2D eigenvalue weighted by Gasteiger charge is 2.48. The number of anilines is 3. The molecule has 0 N–H and O–H groups in total. The first-order valence-electron chi connectivity index (χ1n) is 22.1. The van der Waals surface area contributed by atoms with Gasteiger partial charge in [0.2, 0.25) is 0 Å². The molecule has 2 heterocycles. The van der Waals surface area contributed by atoms with E-state index in [9.17, 15) is 0 Å². The molecule has 11 aromatic carbocycles. The lowest BCUT2D eigenvalue weighted by molar-refractivity contribution is 0.707. The van der Waals surface area contributed by atoms with E-state index in [-0.39, 0.29) is 0 Å². The minimum atomic E-state index is -0.563. The van der Waals surface area contributed by atoms with E-state index in [4.69, 9.17) is 0 Å². The summed E-state index contributed by atoms with van der Waals surface area (Å²) in [5.41, 5.74) is 14.2. The van der Waals surface area contributed by atoms with Crippen molar-refractivity contribution in [3.05, 3.63) is 253 Å². The number of fused-ring (bicyclic) bond motifs is 13. The summed E-state index contributed by atoms with van der Waals surface area (Å²) in [6.07, 6.45) is 0. The van der Waals surface area contributed by atoms with Gasteiger partial charge in [-0.05, 0) is 110 Å². The molecule has 14 rings (SSSR count). The van der Waals surface area contributed by atoms with Crippen LogP contribution in [0.2, 0.25) is 0 Å². The van der Waals surface area contributed by atoms with Crippen LogP contribution in [0.4, 0.5) is 17.1 Å². The normalized spacial score (nSPS) is 14.9. The summed E-state index contributed by atoms with van der Waals surface area (Å²) >= 11 is 1.89. The topological polar surface area (TPSA) is 8.17 Å². The molecule has 0 bridgehead atoms. The molecule has 1 aliphatic carbocycles. The van der Waals surface area contributed by atoms with Crippen LogP contribution in [0.5, 0.6) is 0 Å². The van der Waals surface area contributed by atoms with Gasteiger partial charge in [-0.15, -0.1) is 0 Å². The van der Waals surface area contributed by atoms with Crippen molar-refractivity contribution in [1.82, 2.24) is 4.57 Å². The van der Waals surface area contributed by atoms with E-state index in [0.717, 1.165) is 17.1 Å². The summed E-state index contributed by atoms with van der Waals surface area (Å²) in [6, 6.07) is 86.1. The molecule has 0 fully saturated rings. The molecule has 3 heteroatoms. The Morgan fingerprint density at radius 3 is 1.83 bits per heavy atom. The largest absolute Gasteiger partial charge is 0.310 e. The van der Waals surface area contributed by atoms with Gasteiger partial charge in [0.1, 0.15) is 0 Å². The van der Waals surface area contributed by atoms with Crippen molar-refractivity contribution in [3.8, 4) is 16.8 Å². The molecule has 2 aliphatic rings. The van der Waals surface area contributed by atoms with Crippen LogP contribution in [0.25, 0.3) is 70.9 Å². The predicted octanol–water partition coefficient (Wildman–Crippen LogP) is 16.5. The molecule has 1 unspecified atom stereocenters. The lowest BCUT2D eigenvalue weighted by Crippen LogP contribution is -2.36. The van der Waals surface area contributed by atoms with Crippen LogP contribution < -0.4 is 4.90 Å². The summed E-state index contributed by atoms with van der Waals surface area (Å²) in [5, 5.41) is 9.94. The van der Waals surface area contributed by atoms with Crippen molar-refractivity contribution in [1.29, 1.82) is 0 Å². The Kier molecular flexibility index (Phi) is 7.57. The van der Waals surface area contributed by atoms with E-state index in [1.165, 1.54) is 103 Å². The van der Waals surface area contributed by atoms with Crippen LogP contribution in [0, 0.1) is 0 Å². The lowest BCUT2D eigenvalue weighted by Gasteiger charge is -2.46. The average molecular weight is 831 g/mol. The predicted molar refractivity (Wildman–Crippen MR) is 269 cm³/mol. The van der Waals surface area contributed by atoms with Crippen LogP contribution in [-0.2, 0) is 5.41 Å². The molecule has 0 radical (unpaired) electrons. The number of hydrogen-bond donors (Lipinski definition) is 0. The van der Waals surface area contributed by atoms with Gasteiger partial charge < -0.3 is 9.47 Å². The maximum Gasteiger partial charge on any atom is 0.0736 e. The van der Waals surface area contributed by atoms with Gasteiger partial charge in [0.25, 0.3) is 0 Å². The van der Waals surface area contributed by atoms with Gasteiger partial charge >= 0.3 is 0 Å². The Bertz CT molecular complexity index is 3900. The maximum atomic E-state index is 2.52. The third-order valence-corrected chi connectivity index (χ3v) is 15.1. The van der Waals surface area contributed by atoms with Crippen LogP contribution in [0.3, 0.4) is 0 Å². The number of para-hydroxylation sites is 1. The number of hydrogen-bond acceptors (Lipinski definition) is 2. The van der Waals surface area contributed by atoms with Crippen molar-refractivity contribution in [2.24, 2.45) is 0 Å². The van der Waals surface area contributed by atoms with Gasteiger partial charge in [-0.2, -0.15) is 0 Å². The fourth-order valence-corrected chi connectivity index (χ4v) is 12.6. The average Bonchev–Trinajstić information content (AvgIpc) is 3.68. The second kappa shape index (κ2) is 13.6. The number of benzene rings is 11. The zero-order valence-electron chi connectivity index (χ0n) is 34.7. The molecule has 1 aliphatic heterocycles. The third-order valence-electron chi connectivity index (χ3n) is 14.0. The number of rotatable bonds is 4. The molecule has 2 nitrogen and oxygen atoms in total. The van der Waals surface area contributed by atoms with Gasteiger partial charge in [0.05, 0.1) is 27.8 Å². The summed E-state index contributed by atoms with van der Waals surface area (Å²) in [6.45, 7) is 0. The van der Waals surface area contributed by atoms with Gasteiger partial charge in [-0.25, -0.2) is 0 Å². The Labute approximate surface area is 375 Å². The summed E-state index contributed by atoms with van der Waals surface area (Å²) in [5.74, 6) is 0. The van der Waals surface area contributed by atoms with Crippen LogP contribution in [0.15, 0.2) is 240 Å². The molecule has 1 atom stereocenters. The van der Waals surface area contributed by atoms with E-state index < -0.39 is 5.41 Å². The Balaban J connectivity index is 1.08. The molecule has 0 saturated carbocycles. The Morgan fingerprint density at radius 1 is 0.359 bits per heavy atom. The monoisotopic (exact) mass is 830 g/mol. The fraction of sp³-hybridized carbons (Fsp3) is 0.0164. The minimum absolute atomic E-state index is 0.563. The molecule has 0 saturated heterocycles. The second-order valence-electron chi connectivity index (χ2n) is 17.2. The highest BCUT2D eigenvalue weighted by molar-refractivity contribution is 7.99. The Morgan fingerprint density at radius 2 is 0.938 bits per heavy atom. The third kappa shape index (κ3) is 4.87. The van der Waals surface area contributed by atoms with Gasteiger partial charge in [-0.1, -0.05) is 188 Å². The van der Waals surface area contributed by atoms with Crippen molar-refractivity contribution < 1.29 is 0 Å². The summed E-state index contributed by atoms with van der Waals surface area (Å²) in [7, 11) is 0. The zero-order valence-corrected chi connectivity index (χ0v) is 35.6. The van der Waals surface area contributed by atoms with Gasteiger partial charge in [0.15, 0.2) is 0 Å². The van der Waals surface area contributed by atoms with Crippen molar-refractivity contribution in [2.45, 2.75) is 15.2 Å².